The number of allylic oxidation sites excluding steroid dienone is 1. The zero-order chi connectivity index (χ0) is 19.6. The summed E-state index contributed by atoms with van der Waals surface area (Å²) in [4.78, 5) is 24.1. The van der Waals surface area contributed by atoms with Crippen LogP contribution in [0, 0.1) is 5.92 Å². The van der Waals surface area contributed by atoms with Crippen LogP contribution in [0.3, 0.4) is 0 Å². The number of aliphatic hydroxyl groups is 2. The molecule has 0 aromatic carbocycles. The largest absolute Gasteiger partial charge is 0.454 e. The van der Waals surface area contributed by atoms with Crippen molar-refractivity contribution in [2.24, 2.45) is 5.92 Å². The fourth-order valence-corrected chi connectivity index (χ4v) is 3.13. The first-order valence-corrected chi connectivity index (χ1v) is 8.58. The summed E-state index contributed by atoms with van der Waals surface area (Å²) in [5.41, 5.74) is 2.12. The Kier molecular flexibility index (Phi) is 6.21. The molecule has 0 amide bonds. The van der Waals surface area contributed by atoms with Crippen LogP contribution in [-0.4, -0.2) is 46.6 Å². The average molecular weight is 362 g/mol. The van der Waals surface area contributed by atoms with Crippen LogP contribution in [0.5, 0.6) is 0 Å². The van der Waals surface area contributed by atoms with Gasteiger partial charge in [-0.1, -0.05) is 18.2 Å². The van der Waals surface area contributed by atoms with E-state index in [0.717, 1.165) is 5.57 Å². The third kappa shape index (κ3) is 4.31. The molecule has 1 saturated heterocycles. The van der Waals surface area contributed by atoms with Gasteiger partial charge in [0.2, 0.25) is 0 Å². The maximum Gasteiger partial charge on any atom is 0.334 e. The highest BCUT2D eigenvalue weighted by atomic mass is 16.6. The summed E-state index contributed by atoms with van der Waals surface area (Å²) in [5, 5.41) is 21.2. The Hall–Kier alpha value is -2.18. The number of rotatable bonds is 2. The SMILES string of the molecule is C=C1C(=O)O[C@@H]2/C=C(/C)[C@H](O)C/C=C(\C)[C@@H](OC(=O)C=C(C)C)[C@H](O)[C@@H]12. The van der Waals surface area contributed by atoms with Crippen molar-refractivity contribution in [1.82, 2.24) is 0 Å². The van der Waals surface area contributed by atoms with E-state index in [9.17, 15) is 19.8 Å². The van der Waals surface area contributed by atoms with E-state index in [4.69, 9.17) is 9.47 Å². The van der Waals surface area contributed by atoms with Gasteiger partial charge >= 0.3 is 11.9 Å². The van der Waals surface area contributed by atoms with Crippen molar-refractivity contribution >= 4 is 11.9 Å². The molecule has 0 aromatic heterocycles. The zero-order valence-electron chi connectivity index (χ0n) is 15.6. The van der Waals surface area contributed by atoms with Crippen molar-refractivity contribution in [3.63, 3.8) is 0 Å². The van der Waals surface area contributed by atoms with E-state index in [1.807, 2.05) is 0 Å². The van der Waals surface area contributed by atoms with E-state index < -0.39 is 42.3 Å². The van der Waals surface area contributed by atoms with Crippen molar-refractivity contribution in [3.05, 3.63) is 47.1 Å². The van der Waals surface area contributed by atoms with Crippen molar-refractivity contribution in [3.8, 4) is 0 Å². The third-order valence-electron chi connectivity index (χ3n) is 4.65. The van der Waals surface area contributed by atoms with E-state index in [1.165, 1.54) is 6.08 Å². The van der Waals surface area contributed by atoms with Gasteiger partial charge in [0, 0.05) is 11.6 Å². The molecule has 2 N–H and O–H groups in total. The summed E-state index contributed by atoms with van der Waals surface area (Å²) in [5.74, 6) is -1.96. The fraction of sp³-hybridized carbons (Fsp3) is 0.500. The molecule has 26 heavy (non-hydrogen) atoms. The van der Waals surface area contributed by atoms with Gasteiger partial charge in [0.15, 0.2) is 0 Å². The zero-order valence-corrected chi connectivity index (χ0v) is 15.6. The van der Waals surface area contributed by atoms with Crippen LogP contribution in [0.15, 0.2) is 47.1 Å². The minimum absolute atomic E-state index is 0.123. The standard InChI is InChI=1S/C20H26O6/c1-10(2)8-16(22)26-19-11(3)6-7-14(21)12(4)9-15-17(18(19)23)13(5)20(24)25-15/h6,8-9,14-15,17-19,21,23H,5,7H2,1-4H3/b11-6+,12-9-/t14-,15-,17+,18-,19-/m1/s1. The number of fused-ring (bicyclic) bond motifs is 1. The predicted octanol–water partition coefficient (Wildman–Crippen LogP) is 1.98. The van der Waals surface area contributed by atoms with Crippen molar-refractivity contribution in [2.75, 3.05) is 0 Å². The fourth-order valence-electron chi connectivity index (χ4n) is 3.13. The van der Waals surface area contributed by atoms with E-state index >= 15 is 0 Å². The van der Waals surface area contributed by atoms with Gasteiger partial charge in [-0.05, 0) is 51.3 Å². The number of esters is 2. The number of hydrogen-bond acceptors (Lipinski definition) is 6. The lowest BCUT2D eigenvalue weighted by molar-refractivity contribution is -0.149. The lowest BCUT2D eigenvalue weighted by atomic mass is 9.83. The molecule has 2 aliphatic rings. The van der Waals surface area contributed by atoms with Gasteiger partial charge in [0.05, 0.1) is 12.0 Å². The summed E-state index contributed by atoms with van der Waals surface area (Å²) < 4.78 is 10.8. The molecule has 6 nitrogen and oxygen atoms in total. The minimum atomic E-state index is -1.20. The summed E-state index contributed by atoms with van der Waals surface area (Å²) in [6.45, 7) is 10.7. The monoisotopic (exact) mass is 362 g/mol. The van der Waals surface area contributed by atoms with Gasteiger partial charge in [-0.15, -0.1) is 0 Å². The molecule has 0 radical (unpaired) electrons. The molecule has 0 unspecified atom stereocenters. The van der Waals surface area contributed by atoms with Crippen LogP contribution in [0.1, 0.15) is 34.1 Å². The number of aliphatic hydroxyl groups excluding tert-OH is 2. The van der Waals surface area contributed by atoms with Crippen LogP contribution in [-0.2, 0) is 19.1 Å². The van der Waals surface area contributed by atoms with Crippen LogP contribution in [0.4, 0.5) is 0 Å². The van der Waals surface area contributed by atoms with Gasteiger partial charge in [0.25, 0.3) is 0 Å². The Balaban J connectivity index is 2.44. The van der Waals surface area contributed by atoms with E-state index in [2.05, 4.69) is 6.58 Å². The second kappa shape index (κ2) is 8.01. The van der Waals surface area contributed by atoms with E-state index in [0.29, 0.717) is 17.6 Å². The molecule has 0 bridgehead atoms. The molecule has 1 fully saturated rings. The number of ether oxygens (including phenoxy) is 2. The molecule has 6 heteroatoms. The Labute approximate surface area is 153 Å². The maximum absolute atomic E-state index is 12.1. The van der Waals surface area contributed by atoms with Crippen LogP contribution in [0.25, 0.3) is 0 Å². The van der Waals surface area contributed by atoms with Crippen LogP contribution >= 0.6 is 0 Å². The molecule has 0 spiro atoms. The van der Waals surface area contributed by atoms with Crippen LogP contribution < -0.4 is 0 Å². The van der Waals surface area contributed by atoms with E-state index in [1.54, 1.807) is 39.8 Å². The summed E-state index contributed by atoms with van der Waals surface area (Å²) in [7, 11) is 0. The molecule has 0 aromatic rings. The summed E-state index contributed by atoms with van der Waals surface area (Å²) >= 11 is 0. The molecular formula is C20H26O6. The second-order valence-corrected chi connectivity index (χ2v) is 7.10. The highest BCUT2D eigenvalue weighted by molar-refractivity contribution is 5.91. The molecule has 5 atom stereocenters. The number of hydrogen-bond donors (Lipinski definition) is 2. The molecule has 1 aliphatic heterocycles. The molecule has 142 valence electrons. The highest BCUT2D eigenvalue weighted by Crippen LogP contribution is 2.35. The quantitative estimate of drug-likeness (QED) is 0.443. The van der Waals surface area contributed by atoms with Crippen LogP contribution in [0.2, 0.25) is 0 Å². The Morgan fingerprint density at radius 3 is 2.58 bits per heavy atom. The Bertz CT molecular complexity index is 695. The molecular weight excluding hydrogens is 336 g/mol. The summed E-state index contributed by atoms with van der Waals surface area (Å²) in [6, 6.07) is 0. The lowest BCUT2D eigenvalue weighted by Crippen LogP contribution is -2.41. The minimum Gasteiger partial charge on any atom is -0.454 e. The maximum atomic E-state index is 12.1. The molecule has 1 aliphatic carbocycles. The third-order valence-corrected chi connectivity index (χ3v) is 4.65. The van der Waals surface area contributed by atoms with Crippen molar-refractivity contribution in [1.29, 1.82) is 0 Å². The first-order valence-electron chi connectivity index (χ1n) is 8.58. The van der Waals surface area contributed by atoms with Gasteiger partial charge in [-0.25, -0.2) is 9.59 Å². The Morgan fingerprint density at radius 2 is 1.96 bits per heavy atom. The molecule has 2 rings (SSSR count). The number of carbonyl (C=O) groups is 2. The number of carbonyl (C=O) groups excluding carboxylic acids is 2. The molecule has 0 saturated carbocycles. The summed E-state index contributed by atoms with van der Waals surface area (Å²) in [6.07, 6.45) is 1.27. The normalized spacial score (nSPS) is 36.0. The van der Waals surface area contributed by atoms with Gasteiger partial charge < -0.3 is 19.7 Å². The van der Waals surface area contributed by atoms with Crippen molar-refractivity contribution in [2.45, 2.75) is 58.5 Å². The average Bonchev–Trinajstić information content (AvgIpc) is 2.82. The first kappa shape index (κ1) is 20.1. The van der Waals surface area contributed by atoms with Gasteiger partial charge in [-0.3, -0.25) is 0 Å². The second-order valence-electron chi connectivity index (χ2n) is 7.10. The van der Waals surface area contributed by atoms with Crippen molar-refractivity contribution < 1.29 is 29.3 Å². The highest BCUT2D eigenvalue weighted by Gasteiger charge is 2.46. The van der Waals surface area contributed by atoms with E-state index in [-0.39, 0.29) is 5.57 Å². The lowest BCUT2D eigenvalue weighted by Gasteiger charge is -2.30. The predicted molar refractivity (Wildman–Crippen MR) is 96.0 cm³/mol. The Morgan fingerprint density at radius 1 is 1.31 bits per heavy atom. The van der Waals surface area contributed by atoms with Gasteiger partial charge in [0.1, 0.15) is 18.3 Å². The molecule has 1 heterocycles. The van der Waals surface area contributed by atoms with Gasteiger partial charge in [-0.2, -0.15) is 0 Å². The smallest absolute Gasteiger partial charge is 0.334 e. The first-order chi connectivity index (χ1) is 12.1. The topological polar surface area (TPSA) is 93.1 Å².